The van der Waals surface area contributed by atoms with Crippen molar-refractivity contribution >= 4 is 46.6 Å². The highest BCUT2D eigenvalue weighted by molar-refractivity contribution is 6.77. The molecule has 0 unspecified atom stereocenters. The number of hydrogen-bond donors (Lipinski definition) is 0. The van der Waals surface area contributed by atoms with E-state index in [0.29, 0.717) is 5.69 Å². The third-order valence-corrected chi connectivity index (χ3v) is 3.17. The van der Waals surface area contributed by atoms with E-state index in [4.69, 9.17) is 34.8 Å². The first kappa shape index (κ1) is 15.8. The maximum Gasteiger partial charge on any atom is 0.355 e. The number of Topliss-reactive ketones (excluding diaryl/α,β-unsaturated/α-hetero) is 1. The highest BCUT2D eigenvalue weighted by atomic mass is 35.6. The van der Waals surface area contributed by atoms with Gasteiger partial charge in [-0.2, -0.15) is 0 Å². The van der Waals surface area contributed by atoms with Gasteiger partial charge < -0.3 is 9.30 Å². The van der Waals surface area contributed by atoms with Crippen molar-refractivity contribution in [1.29, 1.82) is 0 Å². The molecule has 110 valence electrons. The second-order valence-electron chi connectivity index (χ2n) is 4.01. The summed E-state index contributed by atoms with van der Waals surface area (Å²) in [4.78, 5) is 27.8. The van der Waals surface area contributed by atoms with Crippen LogP contribution in [-0.2, 0) is 4.74 Å². The molecule has 0 saturated heterocycles. The van der Waals surface area contributed by atoms with Gasteiger partial charge in [0.1, 0.15) is 5.69 Å². The van der Waals surface area contributed by atoms with E-state index in [-0.39, 0.29) is 11.3 Å². The van der Waals surface area contributed by atoms with E-state index in [1.54, 1.807) is 18.3 Å². The molecule has 0 aliphatic carbocycles. The van der Waals surface area contributed by atoms with Crippen molar-refractivity contribution in [2.75, 3.05) is 7.11 Å². The summed E-state index contributed by atoms with van der Waals surface area (Å²) in [6.07, 6.45) is 4.50. The Hall–Kier alpha value is -1.56. The quantitative estimate of drug-likeness (QED) is 0.486. The zero-order valence-electron chi connectivity index (χ0n) is 10.7. The van der Waals surface area contributed by atoms with Gasteiger partial charge in [-0.05, 0) is 18.2 Å². The lowest BCUT2D eigenvalue weighted by Gasteiger charge is -2.07. The van der Waals surface area contributed by atoms with Crippen molar-refractivity contribution in [1.82, 2.24) is 9.55 Å². The van der Waals surface area contributed by atoms with Crippen LogP contribution in [0.4, 0.5) is 0 Å². The Morgan fingerprint density at radius 2 is 2.05 bits per heavy atom. The molecule has 2 aromatic rings. The molecule has 2 aromatic heterocycles. The summed E-state index contributed by atoms with van der Waals surface area (Å²) in [5.41, 5.74) is 0.781. The summed E-state index contributed by atoms with van der Waals surface area (Å²) in [7, 11) is 1.24. The SMILES string of the molecule is COC(=O)c1cc(C(=O)C(Cl)(Cl)Cl)cn1-c1cccnc1. The average molecular weight is 348 g/mol. The van der Waals surface area contributed by atoms with Crippen LogP contribution in [-0.4, -0.2) is 32.2 Å². The van der Waals surface area contributed by atoms with E-state index in [9.17, 15) is 9.59 Å². The minimum atomic E-state index is -2.10. The number of methoxy groups -OCH3 is 1. The lowest BCUT2D eigenvalue weighted by atomic mass is 10.2. The van der Waals surface area contributed by atoms with Crippen LogP contribution in [0.5, 0.6) is 0 Å². The van der Waals surface area contributed by atoms with E-state index in [2.05, 4.69) is 9.72 Å². The van der Waals surface area contributed by atoms with Gasteiger partial charge in [-0.1, -0.05) is 34.8 Å². The Morgan fingerprint density at radius 3 is 2.57 bits per heavy atom. The van der Waals surface area contributed by atoms with Crippen LogP contribution in [0.15, 0.2) is 36.8 Å². The monoisotopic (exact) mass is 346 g/mol. The molecule has 5 nitrogen and oxygen atoms in total. The fourth-order valence-corrected chi connectivity index (χ4v) is 2.05. The van der Waals surface area contributed by atoms with Crippen molar-refractivity contribution < 1.29 is 14.3 Å². The number of hydrogen-bond acceptors (Lipinski definition) is 4. The maximum atomic E-state index is 12.0. The van der Waals surface area contributed by atoms with Gasteiger partial charge >= 0.3 is 5.97 Å². The topological polar surface area (TPSA) is 61.2 Å². The number of ketones is 1. The molecule has 8 heteroatoms. The Bertz CT molecular complexity index is 678. The third kappa shape index (κ3) is 3.37. The summed E-state index contributed by atoms with van der Waals surface area (Å²) in [6, 6.07) is 4.71. The Balaban J connectivity index is 2.56. The Morgan fingerprint density at radius 1 is 1.33 bits per heavy atom. The molecule has 0 aliphatic heterocycles. The van der Waals surface area contributed by atoms with E-state index >= 15 is 0 Å². The first-order chi connectivity index (χ1) is 9.84. The lowest BCUT2D eigenvalue weighted by Crippen LogP contribution is -2.18. The summed E-state index contributed by atoms with van der Waals surface area (Å²) < 4.78 is 4.03. The van der Waals surface area contributed by atoms with Crippen LogP contribution in [0.25, 0.3) is 5.69 Å². The van der Waals surface area contributed by atoms with Crippen molar-refractivity contribution in [3.8, 4) is 5.69 Å². The first-order valence-electron chi connectivity index (χ1n) is 5.67. The normalized spacial score (nSPS) is 11.2. The number of nitrogens with zero attached hydrogens (tertiary/aromatic N) is 2. The van der Waals surface area contributed by atoms with E-state index in [0.717, 1.165) is 0 Å². The van der Waals surface area contributed by atoms with Gasteiger partial charge in [-0.15, -0.1) is 0 Å². The predicted molar refractivity (Wildman–Crippen MR) is 79.5 cm³/mol. The smallest absolute Gasteiger partial charge is 0.355 e. The molecule has 0 N–H and O–H groups in total. The molecule has 0 fully saturated rings. The first-order valence-corrected chi connectivity index (χ1v) is 6.80. The van der Waals surface area contributed by atoms with Crippen LogP contribution in [0.1, 0.15) is 20.8 Å². The largest absolute Gasteiger partial charge is 0.464 e. The minimum Gasteiger partial charge on any atom is -0.464 e. The lowest BCUT2D eigenvalue weighted by molar-refractivity contribution is 0.0591. The number of ether oxygens (including phenoxy) is 1. The van der Waals surface area contributed by atoms with Crippen LogP contribution in [0, 0.1) is 0 Å². The van der Waals surface area contributed by atoms with Gasteiger partial charge in [-0.3, -0.25) is 9.78 Å². The van der Waals surface area contributed by atoms with Gasteiger partial charge in [0.25, 0.3) is 3.79 Å². The fraction of sp³-hybridized carbons (Fsp3) is 0.154. The molecule has 2 rings (SSSR count). The molecule has 0 radical (unpaired) electrons. The van der Waals surface area contributed by atoms with Crippen LogP contribution < -0.4 is 0 Å². The molecule has 0 saturated carbocycles. The maximum absolute atomic E-state index is 12.0. The second kappa shape index (κ2) is 6.05. The number of esters is 1. The highest BCUT2D eigenvalue weighted by Crippen LogP contribution is 2.31. The molecule has 0 bridgehead atoms. The van der Waals surface area contributed by atoms with Crippen LogP contribution in [0.2, 0.25) is 0 Å². The molecule has 0 atom stereocenters. The molecule has 0 aromatic carbocycles. The average Bonchev–Trinajstić information content (AvgIpc) is 2.90. The fourth-order valence-electron chi connectivity index (χ4n) is 1.72. The number of carbonyl (C=O) groups excluding carboxylic acids is 2. The standard InChI is InChI=1S/C13H9Cl3N2O3/c1-21-12(20)10-5-8(11(19)13(14,15)16)7-18(10)9-3-2-4-17-6-9/h2-7H,1H3. The van der Waals surface area contributed by atoms with E-state index in [1.165, 1.54) is 30.1 Å². The van der Waals surface area contributed by atoms with Gasteiger partial charge in [0.05, 0.1) is 19.0 Å². The van der Waals surface area contributed by atoms with Crippen LogP contribution >= 0.6 is 34.8 Å². The van der Waals surface area contributed by atoms with Gasteiger partial charge in [0.15, 0.2) is 0 Å². The predicted octanol–water partition coefficient (Wildman–Crippen LogP) is 3.21. The van der Waals surface area contributed by atoms with Gasteiger partial charge in [0.2, 0.25) is 5.78 Å². The zero-order valence-corrected chi connectivity index (χ0v) is 13.0. The van der Waals surface area contributed by atoms with E-state index < -0.39 is 15.5 Å². The van der Waals surface area contributed by atoms with Gasteiger partial charge in [0, 0.05) is 18.0 Å². The molecule has 2 heterocycles. The molecule has 0 aliphatic rings. The van der Waals surface area contributed by atoms with Crippen molar-refractivity contribution in [3.05, 3.63) is 48.0 Å². The summed E-state index contributed by atoms with van der Waals surface area (Å²) in [5, 5.41) is 0. The van der Waals surface area contributed by atoms with Crippen molar-refractivity contribution in [2.24, 2.45) is 0 Å². The number of carbonyl (C=O) groups is 2. The van der Waals surface area contributed by atoms with Crippen LogP contribution in [0.3, 0.4) is 0 Å². The Kier molecular flexibility index (Phi) is 4.56. The summed E-state index contributed by atoms with van der Waals surface area (Å²) in [6.45, 7) is 0. The molecular formula is C13H9Cl3N2O3. The zero-order chi connectivity index (χ0) is 15.6. The van der Waals surface area contributed by atoms with E-state index in [1.807, 2.05) is 0 Å². The van der Waals surface area contributed by atoms with Gasteiger partial charge in [-0.25, -0.2) is 4.79 Å². The second-order valence-corrected chi connectivity index (χ2v) is 6.29. The minimum absolute atomic E-state index is 0.0826. The Labute approximate surface area is 135 Å². The number of rotatable bonds is 3. The highest BCUT2D eigenvalue weighted by Gasteiger charge is 2.33. The van der Waals surface area contributed by atoms with Crippen molar-refractivity contribution in [3.63, 3.8) is 0 Å². The summed E-state index contributed by atoms with van der Waals surface area (Å²) >= 11 is 16.7. The number of halogens is 3. The number of aromatic nitrogens is 2. The molecule has 21 heavy (non-hydrogen) atoms. The molecule has 0 spiro atoms. The molecular weight excluding hydrogens is 339 g/mol. The number of pyridine rings is 1. The number of alkyl halides is 3. The summed E-state index contributed by atoms with van der Waals surface area (Å²) in [5.74, 6) is -1.36. The third-order valence-electron chi connectivity index (χ3n) is 2.66. The molecule has 0 amide bonds. The van der Waals surface area contributed by atoms with Crippen molar-refractivity contribution in [2.45, 2.75) is 3.79 Å².